The number of aromatic nitrogens is 2. The Hall–Kier alpha value is -1.23. The van der Waals surface area contributed by atoms with Crippen molar-refractivity contribution in [3.05, 3.63) is 17.5 Å². The maximum Gasteiger partial charge on any atom is 0.110 e. The summed E-state index contributed by atoms with van der Waals surface area (Å²) in [5.74, 6) is 2.52. The highest BCUT2D eigenvalue weighted by molar-refractivity contribution is 5.25. The van der Waals surface area contributed by atoms with E-state index in [1.165, 1.54) is 0 Å². The summed E-state index contributed by atoms with van der Waals surface area (Å²) in [7, 11) is 1.84. The zero-order chi connectivity index (χ0) is 6.85. The van der Waals surface area contributed by atoms with E-state index in [1.54, 1.807) is 4.68 Å². The lowest BCUT2D eigenvalue weighted by atomic mass is 10.4. The molecule has 0 aliphatic heterocycles. The average molecular weight is 120 g/mol. The molecule has 9 heavy (non-hydrogen) atoms. The summed E-state index contributed by atoms with van der Waals surface area (Å²) >= 11 is 0. The molecule has 0 saturated carbocycles. The Morgan fingerprint density at radius 1 is 1.78 bits per heavy atom. The van der Waals surface area contributed by atoms with E-state index in [-0.39, 0.29) is 0 Å². The second kappa shape index (κ2) is 1.94. The zero-order valence-electron chi connectivity index (χ0n) is 5.55. The number of hydrogen-bond donors (Lipinski definition) is 0. The molecule has 0 unspecified atom stereocenters. The summed E-state index contributed by atoms with van der Waals surface area (Å²) < 4.78 is 1.69. The maximum absolute atomic E-state index is 5.15. The van der Waals surface area contributed by atoms with Crippen LogP contribution < -0.4 is 0 Å². The second-order valence-electron chi connectivity index (χ2n) is 1.94. The Bertz CT molecular complexity index is 252. The van der Waals surface area contributed by atoms with Gasteiger partial charge in [-0.3, -0.25) is 4.68 Å². The summed E-state index contributed by atoms with van der Waals surface area (Å²) in [6.07, 6.45) is 5.15. The van der Waals surface area contributed by atoms with Gasteiger partial charge in [-0.2, -0.15) is 5.10 Å². The van der Waals surface area contributed by atoms with Gasteiger partial charge >= 0.3 is 0 Å². The van der Waals surface area contributed by atoms with Crippen molar-refractivity contribution in [2.24, 2.45) is 7.05 Å². The molecule has 2 heteroatoms. The normalized spacial score (nSPS) is 9.00. The fourth-order valence-corrected chi connectivity index (χ4v) is 0.746. The molecule has 0 aromatic carbocycles. The molecule has 0 aliphatic rings. The Kier molecular flexibility index (Phi) is 1.27. The fraction of sp³-hybridized carbons (Fsp3) is 0.286. The van der Waals surface area contributed by atoms with E-state index >= 15 is 0 Å². The third-order valence-corrected chi connectivity index (χ3v) is 1.15. The Morgan fingerprint density at radius 2 is 2.44 bits per heavy atom. The molecule has 1 aromatic heterocycles. The summed E-state index contributed by atoms with van der Waals surface area (Å²) in [5, 5.41) is 4.06. The van der Waals surface area contributed by atoms with Crippen molar-refractivity contribution in [3.63, 3.8) is 0 Å². The first-order valence-corrected chi connectivity index (χ1v) is 2.71. The highest BCUT2D eigenvalue weighted by Gasteiger charge is 1.94. The first-order valence-electron chi connectivity index (χ1n) is 2.71. The molecule has 0 atom stereocenters. The van der Waals surface area contributed by atoms with Crippen LogP contribution in [0.1, 0.15) is 11.4 Å². The molecular formula is C7H8N2. The number of aryl methyl sites for hydroxylation is 2. The first kappa shape index (κ1) is 5.90. The van der Waals surface area contributed by atoms with E-state index in [0.717, 1.165) is 11.4 Å². The number of nitrogens with zero attached hydrogens (tertiary/aromatic N) is 2. The average Bonchev–Trinajstić information content (AvgIpc) is 2.10. The number of terminal acetylenes is 1. The Balaban J connectivity index is 3.20. The molecule has 0 bridgehead atoms. The molecule has 0 fully saturated rings. The fourth-order valence-electron chi connectivity index (χ4n) is 0.746. The standard InChI is InChI=1S/C7H8N2/c1-4-7-5-6(2)8-9(7)3/h1,5H,2-3H3. The van der Waals surface area contributed by atoms with Crippen molar-refractivity contribution in [3.8, 4) is 12.3 Å². The maximum atomic E-state index is 5.15. The molecule has 1 aromatic rings. The van der Waals surface area contributed by atoms with Crippen molar-refractivity contribution in [1.29, 1.82) is 0 Å². The van der Waals surface area contributed by atoms with Gasteiger partial charge in [0.15, 0.2) is 0 Å². The van der Waals surface area contributed by atoms with Crippen LogP contribution in [0.3, 0.4) is 0 Å². The number of rotatable bonds is 0. The van der Waals surface area contributed by atoms with Crippen LogP contribution in [-0.4, -0.2) is 9.78 Å². The van der Waals surface area contributed by atoms with Crippen LogP contribution in [0.15, 0.2) is 6.07 Å². The summed E-state index contributed by atoms with van der Waals surface area (Å²) in [4.78, 5) is 0. The highest BCUT2D eigenvalue weighted by Crippen LogP contribution is 1.97. The molecule has 0 amide bonds. The molecule has 0 saturated heterocycles. The topological polar surface area (TPSA) is 17.8 Å². The highest BCUT2D eigenvalue weighted by atomic mass is 15.3. The molecular weight excluding hydrogens is 112 g/mol. The monoisotopic (exact) mass is 120 g/mol. The van der Waals surface area contributed by atoms with Crippen LogP contribution in [-0.2, 0) is 7.05 Å². The van der Waals surface area contributed by atoms with E-state index in [0.29, 0.717) is 0 Å². The first-order chi connectivity index (χ1) is 4.24. The molecule has 1 rings (SSSR count). The van der Waals surface area contributed by atoms with Gasteiger partial charge in [0.25, 0.3) is 0 Å². The minimum absolute atomic E-state index is 0.826. The van der Waals surface area contributed by atoms with Crippen LogP contribution in [0.4, 0.5) is 0 Å². The van der Waals surface area contributed by atoms with Crippen LogP contribution in [0.5, 0.6) is 0 Å². The molecule has 0 spiro atoms. The molecule has 1 heterocycles. The van der Waals surface area contributed by atoms with Crippen molar-refractivity contribution in [2.45, 2.75) is 6.92 Å². The number of hydrogen-bond acceptors (Lipinski definition) is 1. The van der Waals surface area contributed by atoms with Gasteiger partial charge in [0, 0.05) is 7.05 Å². The van der Waals surface area contributed by atoms with Gasteiger partial charge in [-0.05, 0) is 13.0 Å². The minimum atomic E-state index is 0.826. The van der Waals surface area contributed by atoms with E-state index in [9.17, 15) is 0 Å². The molecule has 0 N–H and O–H groups in total. The van der Waals surface area contributed by atoms with Gasteiger partial charge < -0.3 is 0 Å². The van der Waals surface area contributed by atoms with Crippen LogP contribution >= 0.6 is 0 Å². The van der Waals surface area contributed by atoms with Gasteiger partial charge in [0.2, 0.25) is 0 Å². The predicted molar refractivity (Wildman–Crippen MR) is 35.9 cm³/mol. The SMILES string of the molecule is C#Cc1cc(C)nn1C. The smallest absolute Gasteiger partial charge is 0.110 e. The summed E-state index contributed by atoms with van der Waals surface area (Å²) in [5.41, 5.74) is 1.79. The van der Waals surface area contributed by atoms with E-state index < -0.39 is 0 Å². The molecule has 46 valence electrons. The van der Waals surface area contributed by atoms with Gasteiger partial charge in [0.1, 0.15) is 5.69 Å². The summed E-state index contributed by atoms with van der Waals surface area (Å²) in [6, 6.07) is 1.88. The van der Waals surface area contributed by atoms with Gasteiger partial charge in [-0.1, -0.05) is 5.92 Å². The van der Waals surface area contributed by atoms with E-state index in [4.69, 9.17) is 6.42 Å². The molecule has 0 aliphatic carbocycles. The van der Waals surface area contributed by atoms with Crippen molar-refractivity contribution in [1.82, 2.24) is 9.78 Å². The van der Waals surface area contributed by atoms with Crippen molar-refractivity contribution in [2.75, 3.05) is 0 Å². The Morgan fingerprint density at radius 3 is 2.67 bits per heavy atom. The molecule has 2 nitrogen and oxygen atoms in total. The van der Waals surface area contributed by atoms with Gasteiger partial charge in [-0.25, -0.2) is 0 Å². The quantitative estimate of drug-likeness (QED) is 0.461. The molecule has 0 radical (unpaired) electrons. The lowest BCUT2D eigenvalue weighted by molar-refractivity contribution is 0.747. The summed E-state index contributed by atoms with van der Waals surface area (Å²) in [6.45, 7) is 1.92. The van der Waals surface area contributed by atoms with Gasteiger partial charge in [0.05, 0.1) is 5.69 Å². The minimum Gasteiger partial charge on any atom is -0.260 e. The largest absolute Gasteiger partial charge is 0.260 e. The third-order valence-electron chi connectivity index (χ3n) is 1.15. The van der Waals surface area contributed by atoms with Crippen molar-refractivity contribution < 1.29 is 0 Å². The lowest BCUT2D eigenvalue weighted by Gasteiger charge is -1.87. The third kappa shape index (κ3) is 0.945. The van der Waals surface area contributed by atoms with Gasteiger partial charge in [-0.15, -0.1) is 6.42 Å². The zero-order valence-corrected chi connectivity index (χ0v) is 5.55. The van der Waals surface area contributed by atoms with Crippen LogP contribution in [0.2, 0.25) is 0 Å². The predicted octanol–water partition coefficient (Wildman–Crippen LogP) is 0.710. The van der Waals surface area contributed by atoms with Crippen LogP contribution in [0.25, 0.3) is 0 Å². The van der Waals surface area contributed by atoms with E-state index in [2.05, 4.69) is 11.0 Å². The van der Waals surface area contributed by atoms with E-state index in [1.807, 2.05) is 20.0 Å². The van der Waals surface area contributed by atoms with Crippen LogP contribution in [0, 0.1) is 19.3 Å². The Labute approximate surface area is 54.5 Å². The lowest BCUT2D eigenvalue weighted by Crippen LogP contribution is -1.92. The second-order valence-corrected chi connectivity index (χ2v) is 1.94. The van der Waals surface area contributed by atoms with Crippen molar-refractivity contribution >= 4 is 0 Å².